The van der Waals surface area contributed by atoms with Gasteiger partial charge in [-0.15, -0.1) is 0 Å². The van der Waals surface area contributed by atoms with Gasteiger partial charge in [-0.3, -0.25) is 0 Å². The Hall–Kier alpha value is -0.900. The first-order valence-electron chi connectivity index (χ1n) is 5.77. The number of aliphatic hydroxyl groups is 1. The number of hydrogen-bond donors (Lipinski definition) is 2. The second kappa shape index (κ2) is 4.53. The predicted molar refractivity (Wildman–Crippen MR) is 63.3 cm³/mol. The summed E-state index contributed by atoms with van der Waals surface area (Å²) >= 11 is 0. The van der Waals surface area contributed by atoms with Crippen LogP contribution in [0.1, 0.15) is 23.1 Å². The number of fused-ring (bicyclic) bond motifs is 1. The van der Waals surface area contributed by atoms with E-state index in [2.05, 4.69) is 25.1 Å². The third-order valence-corrected chi connectivity index (χ3v) is 3.35. The smallest absolute Gasteiger partial charge is 0.106 e. The summed E-state index contributed by atoms with van der Waals surface area (Å²) in [5, 5.41) is 8.87. The monoisotopic (exact) mass is 221 g/mol. The first-order valence-corrected chi connectivity index (χ1v) is 5.77. The van der Waals surface area contributed by atoms with Crippen molar-refractivity contribution in [3.05, 3.63) is 34.9 Å². The maximum absolute atomic E-state index is 8.87. The molecule has 0 spiro atoms. The van der Waals surface area contributed by atoms with E-state index in [0.29, 0.717) is 13.2 Å². The maximum Gasteiger partial charge on any atom is 0.106 e. The first kappa shape index (κ1) is 11.6. The molecule has 0 fully saturated rings. The summed E-state index contributed by atoms with van der Waals surface area (Å²) < 4.78 is 5.80. The number of nitrogens with two attached hydrogens (primary N) is 1. The van der Waals surface area contributed by atoms with Crippen LogP contribution in [-0.4, -0.2) is 24.9 Å². The highest BCUT2D eigenvalue weighted by Gasteiger charge is 2.38. The minimum Gasteiger partial charge on any atom is -0.394 e. The zero-order valence-corrected chi connectivity index (χ0v) is 9.70. The summed E-state index contributed by atoms with van der Waals surface area (Å²) in [4.78, 5) is 0. The van der Waals surface area contributed by atoms with Gasteiger partial charge in [0.15, 0.2) is 0 Å². The largest absolute Gasteiger partial charge is 0.394 e. The molecule has 0 saturated heterocycles. The van der Waals surface area contributed by atoms with Crippen LogP contribution in [-0.2, 0) is 16.8 Å². The van der Waals surface area contributed by atoms with Crippen LogP contribution in [0.4, 0.5) is 0 Å². The van der Waals surface area contributed by atoms with E-state index >= 15 is 0 Å². The van der Waals surface area contributed by atoms with Crippen LogP contribution in [0, 0.1) is 6.92 Å². The summed E-state index contributed by atoms with van der Waals surface area (Å²) in [6.07, 6.45) is 1.93. The van der Waals surface area contributed by atoms with Gasteiger partial charge in [0.2, 0.25) is 0 Å². The minimum absolute atomic E-state index is 0.0445. The molecule has 16 heavy (non-hydrogen) atoms. The number of hydrogen-bond acceptors (Lipinski definition) is 3. The Balaban J connectivity index is 2.34. The van der Waals surface area contributed by atoms with Crippen LogP contribution < -0.4 is 5.73 Å². The minimum atomic E-state index is -0.371. The van der Waals surface area contributed by atoms with Crippen LogP contribution in [0.5, 0.6) is 0 Å². The molecule has 0 bridgehead atoms. The molecule has 1 aliphatic carbocycles. The third kappa shape index (κ3) is 1.86. The summed E-state index contributed by atoms with van der Waals surface area (Å²) in [6, 6.07) is 6.44. The quantitative estimate of drug-likeness (QED) is 0.800. The molecule has 1 atom stereocenters. The average Bonchev–Trinajstić information content (AvgIpc) is 2.66. The molecule has 0 amide bonds. The molecule has 0 heterocycles. The summed E-state index contributed by atoms with van der Waals surface area (Å²) in [6.45, 7) is 2.95. The van der Waals surface area contributed by atoms with Crippen LogP contribution in [0.15, 0.2) is 18.2 Å². The Morgan fingerprint density at radius 1 is 1.50 bits per heavy atom. The highest BCUT2D eigenvalue weighted by Crippen LogP contribution is 2.39. The Bertz CT molecular complexity index is 378. The van der Waals surface area contributed by atoms with Gasteiger partial charge in [-0.25, -0.2) is 0 Å². The van der Waals surface area contributed by atoms with Crippen molar-refractivity contribution in [3.8, 4) is 0 Å². The van der Waals surface area contributed by atoms with E-state index in [1.54, 1.807) is 0 Å². The second-order valence-corrected chi connectivity index (χ2v) is 4.43. The molecule has 3 nitrogen and oxygen atoms in total. The van der Waals surface area contributed by atoms with Crippen molar-refractivity contribution in [2.45, 2.75) is 25.4 Å². The van der Waals surface area contributed by atoms with E-state index in [4.69, 9.17) is 15.6 Å². The van der Waals surface area contributed by atoms with E-state index in [-0.39, 0.29) is 12.2 Å². The fourth-order valence-corrected chi connectivity index (χ4v) is 2.47. The summed E-state index contributed by atoms with van der Waals surface area (Å²) in [7, 11) is 0. The molecule has 1 aromatic rings. The van der Waals surface area contributed by atoms with Crippen LogP contribution in [0.2, 0.25) is 0 Å². The molecular formula is C13H19NO2. The highest BCUT2D eigenvalue weighted by molar-refractivity contribution is 5.40. The Kier molecular flexibility index (Phi) is 3.28. The van der Waals surface area contributed by atoms with E-state index in [9.17, 15) is 0 Å². The molecule has 0 aliphatic heterocycles. The van der Waals surface area contributed by atoms with E-state index in [0.717, 1.165) is 12.8 Å². The molecular weight excluding hydrogens is 202 g/mol. The van der Waals surface area contributed by atoms with Gasteiger partial charge in [-0.2, -0.15) is 0 Å². The lowest BCUT2D eigenvalue weighted by atomic mass is 9.94. The van der Waals surface area contributed by atoms with Crippen LogP contribution >= 0.6 is 0 Å². The van der Waals surface area contributed by atoms with Gasteiger partial charge < -0.3 is 15.6 Å². The lowest BCUT2D eigenvalue weighted by molar-refractivity contribution is -0.0554. The molecule has 3 heteroatoms. The molecule has 1 aromatic carbocycles. The maximum atomic E-state index is 8.87. The van der Waals surface area contributed by atoms with Gasteiger partial charge in [0.25, 0.3) is 0 Å². The standard InChI is InChI=1S/C13H19NO2/c1-10-2-3-11-4-5-13(9-14,12(11)8-10)16-7-6-15/h2-3,8,15H,4-7,9,14H2,1H3. The van der Waals surface area contributed by atoms with Crippen molar-refractivity contribution in [1.29, 1.82) is 0 Å². The number of benzene rings is 1. The summed E-state index contributed by atoms with van der Waals surface area (Å²) in [5.74, 6) is 0. The SMILES string of the molecule is Cc1ccc2c(c1)C(CN)(OCCO)CC2. The molecule has 3 N–H and O–H groups in total. The molecule has 0 saturated carbocycles. The van der Waals surface area contributed by atoms with Crippen LogP contribution in [0.3, 0.4) is 0 Å². The highest BCUT2D eigenvalue weighted by atomic mass is 16.5. The Morgan fingerprint density at radius 3 is 3.00 bits per heavy atom. The number of rotatable bonds is 4. The lowest BCUT2D eigenvalue weighted by Gasteiger charge is -2.29. The molecule has 1 unspecified atom stereocenters. The van der Waals surface area contributed by atoms with Crippen molar-refractivity contribution in [3.63, 3.8) is 0 Å². The number of ether oxygens (including phenoxy) is 1. The second-order valence-electron chi connectivity index (χ2n) is 4.43. The third-order valence-electron chi connectivity index (χ3n) is 3.35. The van der Waals surface area contributed by atoms with Gasteiger partial charge in [-0.05, 0) is 30.9 Å². The van der Waals surface area contributed by atoms with Crippen molar-refractivity contribution in [1.82, 2.24) is 0 Å². The van der Waals surface area contributed by atoms with Crippen molar-refractivity contribution >= 4 is 0 Å². The van der Waals surface area contributed by atoms with Gasteiger partial charge >= 0.3 is 0 Å². The number of aryl methyl sites for hydroxylation is 2. The van der Waals surface area contributed by atoms with Gasteiger partial charge in [0, 0.05) is 6.54 Å². The molecule has 0 radical (unpaired) electrons. The lowest BCUT2D eigenvalue weighted by Crippen LogP contribution is -2.36. The molecule has 2 rings (SSSR count). The van der Waals surface area contributed by atoms with Gasteiger partial charge in [0.1, 0.15) is 5.60 Å². The van der Waals surface area contributed by atoms with E-state index in [1.165, 1.54) is 16.7 Å². The Labute approximate surface area is 96.2 Å². The first-order chi connectivity index (χ1) is 7.72. The fourth-order valence-electron chi connectivity index (χ4n) is 2.47. The van der Waals surface area contributed by atoms with Gasteiger partial charge in [-0.1, -0.05) is 23.8 Å². The predicted octanol–water partition coefficient (Wildman–Crippen LogP) is 1.10. The number of aliphatic hydroxyl groups excluding tert-OH is 1. The zero-order valence-electron chi connectivity index (χ0n) is 9.70. The average molecular weight is 221 g/mol. The van der Waals surface area contributed by atoms with Crippen molar-refractivity contribution in [2.24, 2.45) is 5.73 Å². The normalized spacial score (nSPS) is 23.4. The Morgan fingerprint density at radius 2 is 2.31 bits per heavy atom. The van der Waals surface area contributed by atoms with Gasteiger partial charge in [0.05, 0.1) is 13.2 Å². The molecule has 0 aromatic heterocycles. The van der Waals surface area contributed by atoms with Crippen molar-refractivity contribution < 1.29 is 9.84 Å². The fraction of sp³-hybridized carbons (Fsp3) is 0.538. The molecule has 1 aliphatic rings. The van der Waals surface area contributed by atoms with Crippen molar-refractivity contribution in [2.75, 3.05) is 19.8 Å². The zero-order chi connectivity index (χ0) is 11.6. The summed E-state index contributed by atoms with van der Waals surface area (Å²) in [5.41, 5.74) is 9.26. The topological polar surface area (TPSA) is 55.5 Å². The van der Waals surface area contributed by atoms with E-state index in [1.807, 2.05) is 0 Å². The van der Waals surface area contributed by atoms with E-state index < -0.39 is 0 Å². The van der Waals surface area contributed by atoms with Crippen LogP contribution in [0.25, 0.3) is 0 Å². The molecule has 88 valence electrons.